The first-order valence-corrected chi connectivity index (χ1v) is 8.51. The highest BCUT2D eigenvalue weighted by Gasteiger charge is 2.22. The summed E-state index contributed by atoms with van der Waals surface area (Å²) < 4.78 is 27.4. The van der Waals surface area contributed by atoms with Crippen molar-refractivity contribution in [1.82, 2.24) is 20.2 Å². The molecule has 0 unspecified atom stereocenters. The van der Waals surface area contributed by atoms with Gasteiger partial charge in [0.15, 0.2) is 5.96 Å². The van der Waals surface area contributed by atoms with Crippen molar-refractivity contribution in [2.24, 2.45) is 4.99 Å². The summed E-state index contributed by atoms with van der Waals surface area (Å²) in [5, 5.41) is 3.29. The molecule has 1 aliphatic rings. The highest BCUT2D eigenvalue weighted by atomic mass is 127. The van der Waals surface area contributed by atoms with E-state index >= 15 is 0 Å². The first-order valence-electron chi connectivity index (χ1n) is 8.51. The van der Waals surface area contributed by atoms with E-state index in [9.17, 15) is 8.78 Å². The van der Waals surface area contributed by atoms with Crippen LogP contribution in [0.25, 0.3) is 0 Å². The van der Waals surface area contributed by atoms with E-state index in [1.54, 1.807) is 13.2 Å². The van der Waals surface area contributed by atoms with Gasteiger partial charge < -0.3 is 15.1 Å². The Morgan fingerprint density at radius 1 is 1.19 bits per heavy atom. The molecule has 3 rings (SSSR count). The summed E-state index contributed by atoms with van der Waals surface area (Å²) in [5.74, 6) is 0.661. The number of rotatable bonds is 3. The summed E-state index contributed by atoms with van der Waals surface area (Å²) in [7, 11) is 1.73. The molecule has 0 amide bonds. The average Bonchev–Trinajstić information content (AvgIpc) is 2.65. The van der Waals surface area contributed by atoms with Gasteiger partial charge in [0.05, 0.1) is 17.9 Å². The molecule has 1 saturated heterocycles. The monoisotopic (exact) mass is 488 g/mol. The standard InChI is InChI=1S/C18H22F2N6.HI/c1-13-22-6-5-15(24-13)12-23-18(21-2)26-9-7-25(8-10-26)17-11-14(19)3-4-16(17)20;/h3-6,11H,7-10,12H2,1-2H3,(H,21,23);1H. The van der Waals surface area contributed by atoms with Crippen LogP contribution < -0.4 is 10.2 Å². The van der Waals surface area contributed by atoms with Crippen molar-refractivity contribution >= 4 is 35.6 Å². The first kappa shape index (κ1) is 21.3. The zero-order chi connectivity index (χ0) is 18.5. The van der Waals surface area contributed by atoms with E-state index in [4.69, 9.17) is 0 Å². The second-order valence-electron chi connectivity index (χ2n) is 6.07. The SMILES string of the molecule is CN=C(NCc1ccnc(C)n1)N1CCN(c2cc(F)ccc2F)CC1.I. The molecule has 6 nitrogen and oxygen atoms in total. The van der Waals surface area contributed by atoms with Crippen LogP contribution in [0.5, 0.6) is 0 Å². The van der Waals surface area contributed by atoms with E-state index in [2.05, 4.69) is 25.2 Å². The molecule has 2 aromatic rings. The number of aryl methyl sites for hydroxylation is 1. The average molecular weight is 488 g/mol. The zero-order valence-corrected chi connectivity index (χ0v) is 17.7. The number of hydrogen-bond donors (Lipinski definition) is 1. The van der Waals surface area contributed by atoms with Crippen LogP contribution in [0.15, 0.2) is 35.5 Å². The van der Waals surface area contributed by atoms with Crippen LogP contribution >= 0.6 is 24.0 Å². The van der Waals surface area contributed by atoms with Gasteiger partial charge in [0.1, 0.15) is 17.5 Å². The Kier molecular flexibility index (Phi) is 7.69. The molecular weight excluding hydrogens is 465 g/mol. The van der Waals surface area contributed by atoms with Crippen LogP contribution in [0, 0.1) is 18.6 Å². The number of anilines is 1. The lowest BCUT2D eigenvalue weighted by Crippen LogP contribution is -2.52. The minimum Gasteiger partial charge on any atom is -0.366 e. The Hall–Kier alpha value is -2.04. The Labute approximate surface area is 174 Å². The van der Waals surface area contributed by atoms with Gasteiger partial charge in [0, 0.05) is 45.5 Å². The van der Waals surface area contributed by atoms with E-state index < -0.39 is 11.6 Å². The lowest BCUT2D eigenvalue weighted by atomic mass is 10.2. The maximum absolute atomic E-state index is 13.9. The molecular formula is C18H23F2IN6. The van der Waals surface area contributed by atoms with E-state index in [1.165, 1.54) is 12.1 Å². The molecule has 1 aromatic heterocycles. The first-order chi connectivity index (χ1) is 12.6. The Balaban J connectivity index is 0.00000261. The van der Waals surface area contributed by atoms with Gasteiger partial charge in [-0.15, -0.1) is 24.0 Å². The molecule has 1 aliphatic heterocycles. The fraction of sp³-hybridized carbons (Fsp3) is 0.389. The number of nitrogens with one attached hydrogen (secondary N) is 1. The normalized spacial score (nSPS) is 14.7. The van der Waals surface area contributed by atoms with Gasteiger partial charge in [-0.1, -0.05) is 0 Å². The fourth-order valence-electron chi connectivity index (χ4n) is 2.99. The van der Waals surface area contributed by atoms with Crippen molar-refractivity contribution in [1.29, 1.82) is 0 Å². The summed E-state index contributed by atoms with van der Waals surface area (Å²) in [6.07, 6.45) is 1.73. The largest absolute Gasteiger partial charge is 0.366 e. The number of benzene rings is 1. The van der Waals surface area contributed by atoms with Gasteiger partial charge in [-0.25, -0.2) is 18.7 Å². The highest BCUT2D eigenvalue weighted by molar-refractivity contribution is 14.0. The van der Waals surface area contributed by atoms with Crippen molar-refractivity contribution in [3.63, 3.8) is 0 Å². The second-order valence-corrected chi connectivity index (χ2v) is 6.07. The summed E-state index contributed by atoms with van der Waals surface area (Å²) in [5.41, 5.74) is 1.20. The maximum atomic E-state index is 13.9. The Morgan fingerprint density at radius 3 is 2.59 bits per heavy atom. The third-order valence-corrected chi connectivity index (χ3v) is 4.30. The van der Waals surface area contributed by atoms with Crippen molar-refractivity contribution in [3.05, 3.63) is 53.6 Å². The predicted octanol–water partition coefficient (Wildman–Crippen LogP) is 2.58. The van der Waals surface area contributed by atoms with E-state index in [1.807, 2.05) is 17.9 Å². The minimum atomic E-state index is -0.429. The van der Waals surface area contributed by atoms with E-state index in [0.29, 0.717) is 38.4 Å². The molecule has 0 spiro atoms. The lowest BCUT2D eigenvalue weighted by molar-refractivity contribution is 0.370. The molecule has 0 radical (unpaired) electrons. The maximum Gasteiger partial charge on any atom is 0.194 e. The molecule has 9 heteroatoms. The van der Waals surface area contributed by atoms with Gasteiger partial charge in [0.25, 0.3) is 0 Å². The van der Waals surface area contributed by atoms with Crippen LogP contribution in [0.2, 0.25) is 0 Å². The van der Waals surface area contributed by atoms with Crippen molar-refractivity contribution in [3.8, 4) is 0 Å². The number of piperazine rings is 1. The minimum absolute atomic E-state index is 0. The van der Waals surface area contributed by atoms with Gasteiger partial charge in [-0.2, -0.15) is 0 Å². The highest BCUT2D eigenvalue weighted by Crippen LogP contribution is 2.21. The van der Waals surface area contributed by atoms with Crippen LogP contribution in [0.4, 0.5) is 14.5 Å². The Morgan fingerprint density at radius 2 is 1.93 bits per heavy atom. The van der Waals surface area contributed by atoms with Crippen LogP contribution in [0.1, 0.15) is 11.5 Å². The molecule has 27 heavy (non-hydrogen) atoms. The van der Waals surface area contributed by atoms with Crippen LogP contribution in [0.3, 0.4) is 0 Å². The molecule has 0 aliphatic carbocycles. The molecule has 1 aromatic carbocycles. The molecule has 0 bridgehead atoms. The van der Waals surface area contributed by atoms with E-state index in [0.717, 1.165) is 23.5 Å². The lowest BCUT2D eigenvalue weighted by Gasteiger charge is -2.37. The third-order valence-electron chi connectivity index (χ3n) is 4.30. The van der Waals surface area contributed by atoms with Gasteiger partial charge in [-0.05, 0) is 25.1 Å². The molecule has 1 fully saturated rings. The van der Waals surface area contributed by atoms with Crippen LogP contribution in [-0.4, -0.2) is 54.1 Å². The molecule has 146 valence electrons. The molecule has 2 heterocycles. The summed E-state index contributed by atoms with van der Waals surface area (Å²) in [6, 6.07) is 5.41. The van der Waals surface area contributed by atoms with Crippen molar-refractivity contribution < 1.29 is 8.78 Å². The molecule has 1 N–H and O–H groups in total. The smallest absolute Gasteiger partial charge is 0.194 e. The Bertz CT molecular complexity index is 793. The topological polar surface area (TPSA) is 56.7 Å². The number of hydrogen-bond acceptors (Lipinski definition) is 4. The van der Waals surface area contributed by atoms with Crippen molar-refractivity contribution in [2.75, 3.05) is 38.1 Å². The third kappa shape index (κ3) is 5.47. The summed E-state index contributed by atoms with van der Waals surface area (Å²) in [4.78, 5) is 16.7. The molecule has 0 saturated carbocycles. The molecule has 0 atom stereocenters. The zero-order valence-electron chi connectivity index (χ0n) is 15.3. The summed E-state index contributed by atoms with van der Waals surface area (Å²) in [6.45, 7) is 4.91. The second kappa shape index (κ2) is 9.77. The van der Waals surface area contributed by atoms with Gasteiger partial charge in [-0.3, -0.25) is 4.99 Å². The number of nitrogens with zero attached hydrogens (tertiary/aromatic N) is 5. The number of halogens is 3. The number of guanidine groups is 1. The van der Waals surface area contributed by atoms with Gasteiger partial charge in [0.2, 0.25) is 0 Å². The van der Waals surface area contributed by atoms with Crippen molar-refractivity contribution in [2.45, 2.75) is 13.5 Å². The van der Waals surface area contributed by atoms with Crippen LogP contribution in [-0.2, 0) is 6.54 Å². The number of aromatic nitrogens is 2. The predicted molar refractivity (Wildman–Crippen MR) is 113 cm³/mol. The summed E-state index contributed by atoms with van der Waals surface area (Å²) >= 11 is 0. The quantitative estimate of drug-likeness (QED) is 0.409. The van der Waals surface area contributed by atoms with E-state index in [-0.39, 0.29) is 24.0 Å². The van der Waals surface area contributed by atoms with Gasteiger partial charge >= 0.3 is 0 Å². The fourth-order valence-corrected chi connectivity index (χ4v) is 2.99. The number of aliphatic imine (C=N–C) groups is 1.